The number of carbonyl (C=O) groups is 2. The van der Waals surface area contributed by atoms with Crippen molar-refractivity contribution in [1.29, 1.82) is 0 Å². The monoisotopic (exact) mass is 375 g/mol. The molecule has 1 aromatic rings. The average molecular weight is 375 g/mol. The number of amides is 1. The lowest BCUT2D eigenvalue weighted by molar-refractivity contribution is -0.143. The second-order valence-electron chi connectivity index (χ2n) is 4.58. The molecule has 5 heteroatoms. The summed E-state index contributed by atoms with van der Waals surface area (Å²) in [6.07, 6.45) is 0.914. The predicted octanol–water partition coefficient (Wildman–Crippen LogP) is 2.45. The van der Waals surface area contributed by atoms with Crippen molar-refractivity contribution in [2.45, 2.75) is 32.7 Å². The van der Waals surface area contributed by atoms with Gasteiger partial charge in [0.05, 0.1) is 6.42 Å². The smallest absolute Gasteiger partial charge is 0.326 e. The highest BCUT2D eigenvalue weighted by Crippen LogP contribution is 2.10. The Morgan fingerprint density at radius 1 is 1.42 bits per heavy atom. The molecule has 104 valence electrons. The molecule has 2 atom stereocenters. The van der Waals surface area contributed by atoms with E-state index in [-0.39, 0.29) is 18.2 Å². The summed E-state index contributed by atoms with van der Waals surface area (Å²) >= 11 is 2.18. The molecule has 1 aromatic carbocycles. The van der Waals surface area contributed by atoms with Crippen LogP contribution in [0.1, 0.15) is 25.8 Å². The predicted molar refractivity (Wildman–Crippen MR) is 81.9 cm³/mol. The van der Waals surface area contributed by atoms with Gasteiger partial charge in [-0.25, -0.2) is 4.79 Å². The van der Waals surface area contributed by atoms with Gasteiger partial charge in [-0.3, -0.25) is 4.79 Å². The van der Waals surface area contributed by atoms with Crippen molar-refractivity contribution in [1.82, 2.24) is 5.32 Å². The van der Waals surface area contributed by atoms with Crippen molar-refractivity contribution in [3.05, 3.63) is 33.4 Å². The number of rotatable bonds is 6. The Balaban J connectivity index is 2.65. The first kappa shape index (κ1) is 15.9. The molecule has 4 nitrogen and oxygen atoms in total. The van der Waals surface area contributed by atoms with Crippen LogP contribution < -0.4 is 5.32 Å². The van der Waals surface area contributed by atoms with Gasteiger partial charge < -0.3 is 10.4 Å². The molecule has 0 saturated carbocycles. The van der Waals surface area contributed by atoms with Gasteiger partial charge in [0.2, 0.25) is 5.91 Å². The first-order valence-corrected chi connectivity index (χ1v) is 7.28. The number of carbonyl (C=O) groups excluding carboxylic acids is 1. The van der Waals surface area contributed by atoms with E-state index in [4.69, 9.17) is 5.11 Å². The summed E-state index contributed by atoms with van der Waals surface area (Å²) < 4.78 is 1.06. The fourth-order valence-electron chi connectivity index (χ4n) is 1.74. The van der Waals surface area contributed by atoms with Gasteiger partial charge in [-0.1, -0.05) is 32.4 Å². The number of nitrogens with one attached hydrogen (secondary N) is 1. The Bertz CT molecular complexity index is 462. The zero-order valence-electron chi connectivity index (χ0n) is 11.0. The van der Waals surface area contributed by atoms with Gasteiger partial charge in [0.25, 0.3) is 0 Å². The van der Waals surface area contributed by atoms with Crippen LogP contribution >= 0.6 is 22.6 Å². The van der Waals surface area contributed by atoms with Crippen LogP contribution in [0.5, 0.6) is 0 Å². The van der Waals surface area contributed by atoms with Crippen molar-refractivity contribution in [3.8, 4) is 0 Å². The number of halogens is 1. The van der Waals surface area contributed by atoms with Crippen molar-refractivity contribution < 1.29 is 14.7 Å². The minimum atomic E-state index is -0.981. The zero-order valence-corrected chi connectivity index (χ0v) is 13.2. The van der Waals surface area contributed by atoms with Gasteiger partial charge in [-0.15, -0.1) is 0 Å². The summed E-state index contributed by atoms with van der Waals surface area (Å²) in [5, 5.41) is 11.7. The van der Waals surface area contributed by atoms with Crippen LogP contribution in [-0.2, 0) is 16.0 Å². The minimum Gasteiger partial charge on any atom is -0.480 e. The molecular weight excluding hydrogens is 357 g/mol. The van der Waals surface area contributed by atoms with Crippen LogP contribution in [0.3, 0.4) is 0 Å². The van der Waals surface area contributed by atoms with E-state index in [1.54, 1.807) is 0 Å². The third kappa shape index (κ3) is 5.18. The summed E-state index contributed by atoms with van der Waals surface area (Å²) in [4.78, 5) is 23.0. The molecule has 0 radical (unpaired) electrons. The Morgan fingerprint density at radius 2 is 2.11 bits per heavy atom. The second-order valence-corrected chi connectivity index (χ2v) is 5.82. The minimum absolute atomic E-state index is 0.0858. The summed E-state index contributed by atoms with van der Waals surface area (Å²) in [6, 6.07) is 6.79. The van der Waals surface area contributed by atoms with Gasteiger partial charge in [-0.2, -0.15) is 0 Å². The first-order chi connectivity index (χ1) is 8.93. The van der Waals surface area contributed by atoms with E-state index < -0.39 is 12.0 Å². The molecule has 19 heavy (non-hydrogen) atoms. The molecule has 0 aliphatic rings. The van der Waals surface area contributed by atoms with E-state index in [9.17, 15) is 9.59 Å². The molecule has 0 aliphatic heterocycles. The average Bonchev–Trinajstić information content (AvgIpc) is 2.34. The molecule has 1 rings (SSSR count). The van der Waals surface area contributed by atoms with Crippen LogP contribution in [0.25, 0.3) is 0 Å². The van der Waals surface area contributed by atoms with Crippen LogP contribution in [0.2, 0.25) is 0 Å². The highest BCUT2D eigenvalue weighted by molar-refractivity contribution is 14.1. The van der Waals surface area contributed by atoms with Gasteiger partial charge >= 0.3 is 5.97 Å². The third-order valence-corrected chi connectivity index (χ3v) is 3.72. The summed E-state index contributed by atoms with van der Waals surface area (Å²) in [5.41, 5.74) is 0.887. The molecule has 0 bridgehead atoms. The van der Waals surface area contributed by atoms with Crippen LogP contribution in [-0.4, -0.2) is 23.0 Å². The number of carboxylic acids is 1. The molecule has 0 aromatic heterocycles. The lowest BCUT2D eigenvalue weighted by Crippen LogP contribution is -2.45. The standard InChI is InChI=1S/C14H18INO3/c1-3-9(2)13(14(18)19)16-12(17)8-10-5-4-6-11(15)7-10/h4-7,9,13H,3,8H2,1-2H3,(H,16,17)(H,18,19). The molecule has 0 heterocycles. The van der Waals surface area contributed by atoms with Gasteiger partial charge in [0, 0.05) is 3.57 Å². The van der Waals surface area contributed by atoms with Gasteiger partial charge in [0.1, 0.15) is 6.04 Å². The van der Waals surface area contributed by atoms with E-state index in [0.717, 1.165) is 9.13 Å². The third-order valence-electron chi connectivity index (χ3n) is 3.05. The normalized spacial score (nSPS) is 13.6. The number of hydrogen-bond donors (Lipinski definition) is 2. The molecule has 0 spiro atoms. The highest BCUT2D eigenvalue weighted by Gasteiger charge is 2.25. The summed E-state index contributed by atoms with van der Waals surface area (Å²) in [5.74, 6) is -1.32. The van der Waals surface area contributed by atoms with E-state index in [2.05, 4.69) is 27.9 Å². The van der Waals surface area contributed by atoms with E-state index in [1.807, 2.05) is 38.1 Å². The van der Waals surface area contributed by atoms with Crippen LogP contribution in [0, 0.1) is 9.49 Å². The molecule has 2 unspecified atom stereocenters. The largest absolute Gasteiger partial charge is 0.480 e. The molecule has 1 amide bonds. The highest BCUT2D eigenvalue weighted by atomic mass is 127. The number of aliphatic carboxylic acids is 1. The SMILES string of the molecule is CCC(C)C(NC(=O)Cc1cccc(I)c1)C(=O)O. The topological polar surface area (TPSA) is 66.4 Å². The molecule has 2 N–H and O–H groups in total. The molecule has 0 saturated heterocycles. The maximum atomic E-state index is 11.9. The van der Waals surface area contributed by atoms with E-state index in [0.29, 0.717) is 6.42 Å². The summed E-state index contributed by atoms with van der Waals surface area (Å²) in [6.45, 7) is 3.73. The Morgan fingerprint density at radius 3 is 2.63 bits per heavy atom. The van der Waals surface area contributed by atoms with Gasteiger partial charge in [-0.05, 0) is 46.2 Å². The fraction of sp³-hybridized carbons (Fsp3) is 0.429. The Labute approximate surface area is 126 Å². The first-order valence-electron chi connectivity index (χ1n) is 6.20. The zero-order chi connectivity index (χ0) is 14.4. The molecule has 0 fully saturated rings. The van der Waals surface area contributed by atoms with Crippen molar-refractivity contribution >= 4 is 34.5 Å². The number of hydrogen-bond acceptors (Lipinski definition) is 2. The van der Waals surface area contributed by atoms with Crippen LogP contribution in [0.15, 0.2) is 24.3 Å². The second kappa shape index (κ2) is 7.47. The number of benzene rings is 1. The fourth-order valence-corrected chi connectivity index (χ4v) is 2.35. The van der Waals surface area contributed by atoms with Gasteiger partial charge in [0.15, 0.2) is 0 Å². The quantitative estimate of drug-likeness (QED) is 0.751. The molecule has 0 aliphatic carbocycles. The molecular formula is C14H18INO3. The van der Waals surface area contributed by atoms with Crippen molar-refractivity contribution in [3.63, 3.8) is 0 Å². The number of carboxylic acid groups (broad SMARTS) is 1. The van der Waals surface area contributed by atoms with Crippen LogP contribution in [0.4, 0.5) is 0 Å². The van der Waals surface area contributed by atoms with Crippen molar-refractivity contribution in [2.75, 3.05) is 0 Å². The van der Waals surface area contributed by atoms with E-state index >= 15 is 0 Å². The lowest BCUT2D eigenvalue weighted by Gasteiger charge is -2.20. The Hall–Kier alpha value is -1.11. The Kier molecular flexibility index (Phi) is 6.27. The maximum Gasteiger partial charge on any atom is 0.326 e. The lowest BCUT2D eigenvalue weighted by atomic mass is 9.99. The maximum absolute atomic E-state index is 11.9. The summed E-state index contributed by atoms with van der Waals surface area (Å²) in [7, 11) is 0. The van der Waals surface area contributed by atoms with E-state index in [1.165, 1.54) is 0 Å². The van der Waals surface area contributed by atoms with Crippen molar-refractivity contribution in [2.24, 2.45) is 5.92 Å².